The largest absolute Gasteiger partial charge is 0.491 e. The molecule has 1 aromatic heterocycles. The van der Waals surface area contributed by atoms with Gasteiger partial charge in [-0.15, -0.1) is 6.58 Å². The number of allylic oxidation sites excluding steroid dienone is 1. The van der Waals surface area contributed by atoms with E-state index in [1.807, 2.05) is 13.0 Å². The molecule has 1 heterocycles. The van der Waals surface area contributed by atoms with Gasteiger partial charge in [-0.2, -0.15) is 0 Å². The van der Waals surface area contributed by atoms with Crippen molar-refractivity contribution in [3.63, 3.8) is 0 Å². The van der Waals surface area contributed by atoms with Gasteiger partial charge < -0.3 is 9.15 Å². The van der Waals surface area contributed by atoms with Gasteiger partial charge in [0.15, 0.2) is 11.6 Å². The van der Waals surface area contributed by atoms with Crippen LogP contribution < -0.4 is 10.4 Å². The number of hydrogen-bond acceptors (Lipinski definition) is 3. The molecule has 1 aliphatic rings. The predicted molar refractivity (Wildman–Crippen MR) is 112 cm³/mol. The fourth-order valence-corrected chi connectivity index (χ4v) is 4.29. The standard InChI is InChI=1S/C24H29F3O3/c1-3-5-6-16-7-10-18(11-8-16)24(26,27)15-19-14-17-9-12-20(29-13-4-2)22(25)21(17)23(28)30-19/h3,9,12,14,16,18H,1,4-8,10-11,13,15H2,2H3. The molecule has 1 aromatic carbocycles. The normalized spacial score (nSPS) is 19.7. The lowest BCUT2D eigenvalue weighted by atomic mass is 9.76. The molecule has 1 saturated carbocycles. The Balaban J connectivity index is 1.75. The van der Waals surface area contributed by atoms with Gasteiger partial charge in [0.1, 0.15) is 11.1 Å². The third-order valence-corrected chi connectivity index (χ3v) is 5.98. The minimum absolute atomic E-state index is 0.0389. The lowest BCUT2D eigenvalue weighted by Crippen LogP contribution is -2.34. The van der Waals surface area contributed by atoms with Crippen LogP contribution in [0.2, 0.25) is 0 Å². The summed E-state index contributed by atoms with van der Waals surface area (Å²) in [6.07, 6.45) is 6.28. The smallest absolute Gasteiger partial charge is 0.346 e. The van der Waals surface area contributed by atoms with Crippen molar-refractivity contribution in [2.24, 2.45) is 11.8 Å². The lowest BCUT2D eigenvalue weighted by Gasteiger charge is -2.33. The summed E-state index contributed by atoms with van der Waals surface area (Å²) in [7, 11) is 0. The molecule has 0 saturated heterocycles. The molecule has 0 N–H and O–H groups in total. The van der Waals surface area contributed by atoms with Crippen LogP contribution >= 0.6 is 0 Å². The maximum Gasteiger partial charge on any atom is 0.346 e. The van der Waals surface area contributed by atoms with Crippen molar-refractivity contribution in [1.29, 1.82) is 0 Å². The van der Waals surface area contributed by atoms with Crippen LogP contribution in [0.1, 0.15) is 57.6 Å². The molecule has 0 bridgehead atoms. The fraction of sp³-hybridized carbons (Fsp3) is 0.542. The third kappa shape index (κ3) is 5.08. The summed E-state index contributed by atoms with van der Waals surface area (Å²) < 4.78 is 54.8. The molecule has 0 atom stereocenters. The first-order chi connectivity index (χ1) is 14.4. The fourth-order valence-electron chi connectivity index (χ4n) is 4.29. The SMILES string of the molecule is C=CCCC1CCC(C(F)(F)Cc2cc3ccc(OCCC)c(F)c3c(=O)o2)CC1. The topological polar surface area (TPSA) is 39.4 Å². The highest BCUT2D eigenvalue weighted by Gasteiger charge is 2.42. The maximum atomic E-state index is 14.9. The summed E-state index contributed by atoms with van der Waals surface area (Å²) in [5.41, 5.74) is -0.953. The van der Waals surface area contributed by atoms with Crippen LogP contribution in [-0.4, -0.2) is 12.5 Å². The second-order valence-corrected chi connectivity index (χ2v) is 8.21. The average Bonchev–Trinajstić information content (AvgIpc) is 2.71. The molecule has 30 heavy (non-hydrogen) atoms. The second-order valence-electron chi connectivity index (χ2n) is 8.21. The Labute approximate surface area is 174 Å². The Morgan fingerprint density at radius 1 is 1.27 bits per heavy atom. The van der Waals surface area contributed by atoms with E-state index in [1.165, 1.54) is 18.2 Å². The minimum atomic E-state index is -2.98. The van der Waals surface area contributed by atoms with Gasteiger partial charge in [-0.05, 0) is 68.4 Å². The van der Waals surface area contributed by atoms with Gasteiger partial charge in [0.2, 0.25) is 0 Å². The van der Waals surface area contributed by atoms with Crippen LogP contribution in [0.3, 0.4) is 0 Å². The summed E-state index contributed by atoms with van der Waals surface area (Å²) >= 11 is 0. The molecule has 0 amide bonds. The van der Waals surface area contributed by atoms with Gasteiger partial charge >= 0.3 is 5.63 Å². The van der Waals surface area contributed by atoms with Gasteiger partial charge in [-0.1, -0.05) is 19.1 Å². The molecule has 0 aliphatic heterocycles. The Morgan fingerprint density at radius 2 is 2.00 bits per heavy atom. The Kier molecular flexibility index (Phi) is 7.27. The molecular weight excluding hydrogens is 393 g/mol. The molecule has 164 valence electrons. The van der Waals surface area contributed by atoms with Crippen LogP contribution in [0, 0.1) is 17.7 Å². The number of halogens is 3. The van der Waals surface area contributed by atoms with Gasteiger partial charge in [0.25, 0.3) is 5.92 Å². The number of rotatable bonds is 9. The van der Waals surface area contributed by atoms with Crippen LogP contribution in [0.5, 0.6) is 5.75 Å². The van der Waals surface area contributed by atoms with Gasteiger partial charge in [-0.25, -0.2) is 18.0 Å². The van der Waals surface area contributed by atoms with Crippen molar-refractivity contribution < 1.29 is 22.3 Å². The maximum absolute atomic E-state index is 14.9. The van der Waals surface area contributed by atoms with E-state index in [2.05, 4.69) is 6.58 Å². The van der Waals surface area contributed by atoms with Crippen molar-refractivity contribution in [3.8, 4) is 5.75 Å². The molecule has 3 rings (SSSR count). The van der Waals surface area contributed by atoms with E-state index in [0.717, 1.165) is 25.7 Å². The quantitative estimate of drug-likeness (QED) is 0.424. The third-order valence-electron chi connectivity index (χ3n) is 5.98. The molecule has 0 radical (unpaired) electrons. The lowest BCUT2D eigenvalue weighted by molar-refractivity contribution is -0.0779. The molecule has 3 nitrogen and oxygen atoms in total. The monoisotopic (exact) mass is 422 g/mol. The van der Waals surface area contributed by atoms with E-state index in [4.69, 9.17) is 9.15 Å². The Hall–Kier alpha value is -2.24. The number of fused-ring (bicyclic) bond motifs is 1. The summed E-state index contributed by atoms with van der Waals surface area (Å²) in [5, 5.41) is -0.0232. The first-order valence-electron chi connectivity index (χ1n) is 10.7. The predicted octanol–water partition coefficient (Wildman–Crippen LogP) is 6.67. The van der Waals surface area contributed by atoms with Crippen LogP contribution in [0.15, 0.2) is 40.1 Å². The van der Waals surface area contributed by atoms with Crippen molar-refractivity contribution in [2.75, 3.05) is 6.61 Å². The zero-order valence-corrected chi connectivity index (χ0v) is 17.4. The first kappa shape index (κ1) is 22.4. The van der Waals surface area contributed by atoms with Crippen molar-refractivity contribution in [3.05, 3.63) is 52.9 Å². The Bertz CT molecular complexity index is 927. The molecule has 1 aliphatic carbocycles. The van der Waals surface area contributed by atoms with Crippen molar-refractivity contribution in [1.82, 2.24) is 0 Å². The number of ether oxygens (including phenoxy) is 1. The van der Waals surface area contributed by atoms with E-state index >= 15 is 0 Å². The van der Waals surface area contributed by atoms with E-state index in [0.29, 0.717) is 31.8 Å². The van der Waals surface area contributed by atoms with E-state index < -0.39 is 29.7 Å². The molecule has 6 heteroatoms. The van der Waals surface area contributed by atoms with Crippen molar-refractivity contribution >= 4 is 10.8 Å². The summed E-state index contributed by atoms with van der Waals surface area (Å²) in [6.45, 7) is 5.91. The molecular formula is C24H29F3O3. The zero-order chi connectivity index (χ0) is 21.7. The first-order valence-corrected chi connectivity index (χ1v) is 10.7. The molecule has 1 fully saturated rings. The van der Waals surface area contributed by atoms with Gasteiger partial charge in [-0.3, -0.25) is 0 Å². The highest BCUT2D eigenvalue weighted by Crippen LogP contribution is 2.41. The highest BCUT2D eigenvalue weighted by atomic mass is 19.3. The van der Waals surface area contributed by atoms with Crippen molar-refractivity contribution in [2.45, 2.75) is 64.2 Å². The van der Waals surface area contributed by atoms with Crippen LogP contribution in [-0.2, 0) is 6.42 Å². The second kappa shape index (κ2) is 9.71. The number of hydrogen-bond donors (Lipinski definition) is 0. The van der Waals surface area contributed by atoms with E-state index in [1.54, 1.807) is 0 Å². The summed E-state index contributed by atoms with van der Waals surface area (Å²) in [5.74, 6) is -4.21. The van der Waals surface area contributed by atoms with Crippen LogP contribution in [0.4, 0.5) is 13.2 Å². The number of benzene rings is 1. The highest BCUT2D eigenvalue weighted by molar-refractivity contribution is 5.83. The zero-order valence-electron chi connectivity index (χ0n) is 17.4. The van der Waals surface area contributed by atoms with Gasteiger partial charge in [0.05, 0.1) is 13.0 Å². The van der Waals surface area contributed by atoms with E-state index in [9.17, 15) is 18.0 Å². The summed E-state index contributed by atoms with van der Waals surface area (Å²) in [4.78, 5) is 12.3. The minimum Gasteiger partial charge on any atom is -0.491 e. The van der Waals surface area contributed by atoms with Crippen LogP contribution in [0.25, 0.3) is 10.8 Å². The summed E-state index contributed by atoms with van der Waals surface area (Å²) in [6, 6.07) is 4.26. The van der Waals surface area contributed by atoms with Gasteiger partial charge in [0, 0.05) is 5.92 Å². The van der Waals surface area contributed by atoms with E-state index in [-0.39, 0.29) is 22.3 Å². The Morgan fingerprint density at radius 3 is 2.67 bits per heavy atom. The molecule has 0 unspecified atom stereocenters. The molecule has 0 spiro atoms. The number of alkyl halides is 2. The molecule has 2 aromatic rings. The average molecular weight is 422 g/mol.